The maximum Gasteiger partial charge on any atom is 0.0626 e. The van der Waals surface area contributed by atoms with Gasteiger partial charge in [0.1, 0.15) is 0 Å². The summed E-state index contributed by atoms with van der Waals surface area (Å²) in [7, 11) is 0. The van der Waals surface area contributed by atoms with Crippen LogP contribution in [0.2, 0.25) is 0 Å². The lowest BCUT2D eigenvalue weighted by Gasteiger charge is -2.31. The molecule has 0 spiro atoms. The van der Waals surface area contributed by atoms with Crippen molar-refractivity contribution in [2.45, 2.75) is 44.7 Å². The summed E-state index contributed by atoms with van der Waals surface area (Å²) in [6, 6.07) is 10.9. The monoisotopic (exact) mass is 233 g/mol. The molecule has 0 heterocycles. The quantitative estimate of drug-likeness (QED) is 0.838. The first-order valence-electron chi connectivity index (χ1n) is 6.71. The van der Waals surface area contributed by atoms with Crippen molar-refractivity contribution in [1.29, 1.82) is 0 Å². The Balaban J connectivity index is 1.95. The Bertz CT molecular complexity index is 325. The van der Waals surface area contributed by atoms with E-state index >= 15 is 0 Å². The van der Waals surface area contributed by atoms with Gasteiger partial charge < -0.3 is 10.4 Å². The average molecular weight is 233 g/mol. The molecular weight excluding hydrogens is 210 g/mol. The minimum atomic E-state index is 0.0894. The zero-order chi connectivity index (χ0) is 12.1. The lowest BCUT2D eigenvalue weighted by atomic mass is 9.86. The fraction of sp³-hybridized carbons (Fsp3) is 0.600. The van der Waals surface area contributed by atoms with Crippen LogP contribution in [0.4, 0.5) is 0 Å². The topological polar surface area (TPSA) is 32.3 Å². The Kier molecular flexibility index (Phi) is 4.57. The van der Waals surface area contributed by atoms with Gasteiger partial charge in [0.15, 0.2) is 0 Å². The number of aliphatic hydroxyl groups is 1. The molecule has 1 saturated carbocycles. The molecule has 0 aliphatic heterocycles. The van der Waals surface area contributed by atoms with Crippen LogP contribution in [0.1, 0.15) is 44.2 Å². The molecule has 0 aromatic heterocycles. The van der Waals surface area contributed by atoms with Gasteiger partial charge in [-0.25, -0.2) is 0 Å². The van der Waals surface area contributed by atoms with Crippen molar-refractivity contribution >= 4 is 0 Å². The molecule has 0 amide bonds. The molecule has 2 N–H and O–H groups in total. The summed E-state index contributed by atoms with van der Waals surface area (Å²) in [4.78, 5) is 0. The molecule has 0 radical (unpaired) electrons. The van der Waals surface area contributed by atoms with Gasteiger partial charge in [-0.1, -0.05) is 50.1 Å². The fourth-order valence-corrected chi connectivity index (χ4v) is 2.81. The number of nitrogens with one attached hydrogen (secondary N) is 1. The van der Waals surface area contributed by atoms with Crippen molar-refractivity contribution in [3.8, 4) is 0 Å². The summed E-state index contributed by atoms with van der Waals surface area (Å²) < 4.78 is 0. The average Bonchev–Trinajstić information content (AvgIpc) is 2.37. The second-order valence-corrected chi connectivity index (χ2v) is 5.28. The Morgan fingerprint density at radius 3 is 2.71 bits per heavy atom. The van der Waals surface area contributed by atoms with Crippen molar-refractivity contribution in [3.05, 3.63) is 35.9 Å². The van der Waals surface area contributed by atoms with Crippen LogP contribution in [0.25, 0.3) is 0 Å². The molecule has 2 nitrogen and oxygen atoms in total. The summed E-state index contributed by atoms with van der Waals surface area (Å²) in [5.41, 5.74) is 1.19. The molecule has 1 aliphatic carbocycles. The Morgan fingerprint density at radius 2 is 2.06 bits per heavy atom. The number of benzene rings is 1. The third-order valence-corrected chi connectivity index (χ3v) is 3.76. The van der Waals surface area contributed by atoms with E-state index in [1.807, 2.05) is 18.2 Å². The van der Waals surface area contributed by atoms with Gasteiger partial charge >= 0.3 is 0 Å². The van der Waals surface area contributed by atoms with Crippen molar-refractivity contribution in [2.75, 3.05) is 6.61 Å². The minimum absolute atomic E-state index is 0.0894. The Labute approximate surface area is 104 Å². The van der Waals surface area contributed by atoms with Crippen LogP contribution < -0.4 is 5.32 Å². The van der Waals surface area contributed by atoms with E-state index in [1.165, 1.54) is 31.2 Å². The van der Waals surface area contributed by atoms with E-state index in [1.54, 1.807) is 0 Å². The molecule has 0 saturated heterocycles. The third-order valence-electron chi connectivity index (χ3n) is 3.76. The molecule has 1 aliphatic rings. The van der Waals surface area contributed by atoms with Crippen molar-refractivity contribution in [2.24, 2.45) is 5.92 Å². The van der Waals surface area contributed by atoms with E-state index in [2.05, 4.69) is 24.4 Å². The Morgan fingerprint density at radius 1 is 1.29 bits per heavy atom. The first-order chi connectivity index (χ1) is 8.29. The van der Waals surface area contributed by atoms with Crippen LogP contribution in [0.15, 0.2) is 30.3 Å². The largest absolute Gasteiger partial charge is 0.394 e. The van der Waals surface area contributed by atoms with Crippen molar-refractivity contribution in [3.63, 3.8) is 0 Å². The van der Waals surface area contributed by atoms with Crippen LogP contribution in [0, 0.1) is 5.92 Å². The van der Waals surface area contributed by atoms with E-state index in [-0.39, 0.29) is 12.6 Å². The van der Waals surface area contributed by atoms with Gasteiger partial charge in [0.25, 0.3) is 0 Å². The van der Waals surface area contributed by atoms with E-state index in [0.717, 1.165) is 5.92 Å². The van der Waals surface area contributed by atoms with Gasteiger partial charge in [0.05, 0.1) is 12.6 Å². The van der Waals surface area contributed by atoms with E-state index in [4.69, 9.17) is 0 Å². The molecule has 17 heavy (non-hydrogen) atoms. The number of rotatable bonds is 4. The standard InChI is InChI=1S/C15H23NO/c1-12-6-5-9-14(10-12)16-15(11-17)13-7-3-2-4-8-13/h2-4,7-8,12,14-17H,5-6,9-11H2,1H3/t12?,14?,15-/m0/s1. The summed E-state index contributed by atoms with van der Waals surface area (Å²) in [5.74, 6) is 0.816. The highest BCUT2D eigenvalue weighted by Crippen LogP contribution is 2.25. The van der Waals surface area contributed by atoms with Gasteiger partial charge in [-0.05, 0) is 24.3 Å². The number of hydrogen-bond acceptors (Lipinski definition) is 2. The number of aliphatic hydroxyl groups excluding tert-OH is 1. The fourth-order valence-electron chi connectivity index (χ4n) is 2.81. The SMILES string of the molecule is CC1CCCC(N[C@@H](CO)c2ccccc2)C1. The van der Waals surface area contributed by atoms with Gasteiger partial charge in [0.2, 0.25) is 0 Å². The summed E-state index contributed by atoms with van der Waals surface area (Å²) >= 11 is 0. The molecule has 0 bridgehead atoms. The smallest absolute Gasteiger partial charge is 0.0626 e. The zero-order valence-electron chi connectivity index (χ0n) is 10.6. The second kappa shape index (κ2) is 6.18. The predicted molar refractivity (Wildman–Crippen MR) is 70.8 cm³/mol. The van der Waals surface area contributed by atoms with Gasteiger partial charge in [-0.15, -0.1) is 0 Å². The van der Waals surface area contributed by atoms with Crippen molar-refractivity contribution < 1.29 is 5.11 Å². The second-order valence-electron chi connectivity index (χ2n) is 5.28. The maximum atomic E-state index is 9.51. The summed E-state index contributed by atoms with van der Waals surface area (Å²) in [6.07, 6.45) is 5.15. The van der Waals surface area contributed by atoms with Gasteiger partial charge in [0, 0.05) is 6.04 Å². The Hall–Kier alpha value is -0.860. The lowest BCUT2D eigenvalue weighted by Crippen LogP contribution is -2.37. The van der Waals surface area contributed by atoms with Crippen LogP contribution in [0.5, 0.6) is 0 Å². The molecular formula is C15H23NO. The van der Waals surface area contributed by atoms with Crippen LogP contribution in [0.3, 0.4) is 0 Å². The summed E-state index contributed by atoms with van der Waals surface area (Å²) in [6.45, 7) is 2.50. The molecule has 94 valence electrons. The van der Waals surface area contributed by atoms with E-state index < -0.39 is 0 Å². The van der Waals surface area contributed by atoms with Crippen molar-refractivity contribution in [1.82, 2.24) is 5.32 Å². The van der Waals surface area contributed by atoms with Gasteiger partial charge in [-0.2, -0.15) is 0 Å². The number of hydrogen-bond donors (Lipinski definition) is 2. The molecule has 1 aromatic rings. The highest BCUT2D eigenvalue weighted by Gasteiger charge is 2.21. The van der Waals surface area contributed by atoms with E-state index in [9.17, 15) is 5.11 Å². The minimum Gasteiger partial charge on any atom is -0.394 e. The normalized spacial score (nSPS) is 26.7. The highest BCUT2D eigenvalue weighted by molar-refractivity contribution is 5.19. The third kappa shape index (κ3) is 3.55. The molecule has 1 aromatic carbocycles. The van der Waals surface area contributed by atoms with Crippen LogP contribution in [-0.2, 0) is 0 Å². The maximum absolute atomic E-state index is 9.51. The van der Waals surface area contributed by atoms with E-state index in [0.29, 0.717) is 6.04 Å². The first kappa shape index (κ1) is 12.6. The van der Waals surface area contributed by atoms with Gasteiger partial charge in [-0.3, -0.25) is 0 Å². The molecule has 2 heteroatoms. The molecule has 2 unspecified atom stereocenters. The predicted octanol–water partition coefficient (Wildman–Crippen LogP) is 2.89. The molecule has 1 fully saturated rings. The lowest BCUT2D eigenvalue weighted by molar-refractivity contribution is 0.208. The summed E-state index contributed by atoms with van der Waals surface area (Å²) in [5, 5.41) is 13.1. The molecule has 2 rings (SSSR count). The van der Waals surface area contributed by atoms with Crippen LogP contribution >= 0.6 is 0 Å². The zero-order valence-corrected chi connectivity index (χ0v) is 10.6. The molecule has 3 atom stereocenters. The first-order valence-corrected chi connectivity index (χ1v) is 6.71. The van der Waals surface area contributed by atoms with Crippen LogP contribution in [-0.4, -0.2) is 17.8 Å². The highest BCUT2D eigenvalue weighted by atomic mass is 16.3.